The molecule has 0 bridgehead atoms. The number of para-hydroxylation sites is 2. The lowest BCUT2D eigenvalue weighted by molar-refractivity contribution is 0.677. The minimum atomic E-state index is -1.24. The standard InChI is InChI=1S/C16H17N3OS/c1-10-7-8-11(2)15(17)12(10)9-21(20)16-18-13-5-3-4-6-14(13)19-16/h3-8H,9,17H2,1-2H3,(H,18,19). The summed E-state index contributed by atoms with van der Waals surface area (Å²) in [6, 6.07) is 11.7. The highest BCUT2D eigenvalue weighted by molar-refractivity contribution is 7.84. The van der Waals surface area contributed by atoms with Gasteiger partial charge in [-0.25, -0.2) is 4.98 Å². The first kappa shape index (κ1) is 13.8. The van der Waals surface area contributed by atoms with Crippen LogP contribution in [0.25, 0.3) is 11.0 Å². The van der Waals surface area contributed by atoms with Gasteiger partial charge in [-0.1, -0.05) is 24.3 Å². The number of rotatable bonds is 3. The Labute approximate surface area is 125 Å². The maximum Gasteiger partial charge on any atom is 0.197 e. The van der Waals surface area contributed by atoms with Crippen molar-refractivity contribution in [1.29, 1.82) is 0 Å². The van der Waals surface area contributed by atoms with E-state index >= 15 is 0 Å². The molecule has 0 radical (unpaired) electrons. The monoisotopic (exact) mass is 299 g/mol. The first-order chi connectivity index (χ1) is 10.1. The van der Waals surface area contributed by atoms with E-state index in [0.29, 0.717) is 10.9 Å². The van der Waals surface area contributed by atoms with E-state index in [1.54, 1.807) is 0 Å². The van der Waals surface area contributed by atoms with E-state index < -0.39 is 10.8 Å². The van der Waals surface area contributed by atoms with Gasteiger partial charge in [-0.2, -0.15) is 0 Å². The van der Waals surface area contributed by atoms with E-state index in [4.69, 9.17) is 5.73 Å². The number of imidazole rings is 1. The van der Waals surface area contributed by atoms with Crippen LogP contribution in [-0.4, -0.2) is 14.2 Å². The van der Waals surface area contributed by atoms with Crippen LogP contribution in [0.15, 0.2) is 41.6 Å². The number of aromatic amines is 1. The number of anilines is 1. The molecule has 5 heteroatoms. The van der Waals surface area contributed by atoms with Crippen LogP contribution in [0.1, 0.15) is 16.7 Å². The number of benzene rings is 2. The molecule has 0 aliphatic rings. The summed E-state index contributed by atoms with van der Waals surface area (Å²) < 4.78 is 12.6. The molecular formula is C16H17N3OS. The number of nitrogens with one attached hydrogen (secondary N) is 1. The molecule has 3 aromatic rings. The third-order valence-corrected chi connectivity index (χ3v) is 4.84. The molecule has 0 aliphatic carbocycles. The second-order valence-corrected chi connectivity index (χ2v) is 6.51. The van der Waals surface area contributed by atoms with Gasteiger partial charge in [0.05, 0.1) is 27.6 Å². The number of nitrogen functional groups attached to an aromatic ring is 1. The molecule has 0 saturated heterocycles. The number of aromatic nitrogens is 2. The van der Waals surface area contributed by atoms with E-state index in [-0.39, 0.29) is 0 Å². The first-order valence-corrected chi connectivity index (χ1v) is 8.06. The number of hydrogen-bond acceptors (Lipinski definition) is 3. The Bertz CT molecular complexity index is 806. The number of nitrogens with zero attached hydrogens (tertiary/aromatic N) is 1. The zero-order valence-electron chi connectivity index (χ0n) is 12.0. The largest absolute Gasteiger partial charge is 0.398 e. The van der Waals surface area contributed by atoms with Crippen molar-refractivity contribution in [2.45, 2.75) is 24.8 Å². The molecule has 3 N–H and O–H groups in total. The van der Waals surface area contributed by atoms with Crippen LogP contribution >= 0.6 is 0 Å². The number of hydrogen-bond donors (Lipinski definition) is 2. The molecular weight excluding hydrogens is 282 g/mol. The molecule has 0 spiro atoms. The van der Waals surface area contributed by atoms with Gasteiger partial charge in [-0.15, -0.1) is 0 Å². The van der Waals surface area contributed by atoms with Gasteiger partial charge in [0.15, 0.2) is 5.16 Å². The normalized spacial score (nSPS) is 12.7. The van der Waals surface area contributed by atoms with Gasteiger partial charge in [0.25, 0.3) is 0 Å². The maximum atomic E-state index is 12.6. The summed E-state index contributed by atoms with van der Waals surface area (Å²) in [6.45, 7) is 3.95. The van der Waals surface area contributed by atoms with Crippen molar-refractivity contribution in [2.75, 3.05) is 5.73 Å². The summed E-state index contributed by atoms with van der Waals surface area (Å²) in [5, 5.41) is 0.497. The Kier molecular flexibility index (Phi) is 3.51. The van der Waals surface area contributed by atoms with Crippen LogP contribution in [0, 0.1) is 13.8 Å². The van der Waals surface area contributed by atoms with E-state index in [2.05, 4.69) is 9.97 Å². The summed E-state index contributed by atoms with van der Waals surface area (Å²) in [7, 11) is -1.24. The van der Waals surface area contributed by atoms with E-state index in [9.17, 15) is 4.21 Å². The van der Waals surface area contributed by atoms with Crippen LogP contribution in [0.4, 0.5) is 5.69 Å². The number of aryl methyl sites for hydroxylation is 2. The minimum absolute atomic E-state index is 0.374. The van der Waals surface area contributed by atoms with Crippen LogP contribution in [-0.2, 0) is 16.6 Å². The first-order valence-electron chi connectivity index (χ1n) is 6.74. The van der Waals surface area contributed by atoms with Crippen molar-refractivity contribution in [3.8, 4) is 0 Å². The number of H-pyrrole nitrogens is 1. The fourth-order valence-corrected chi connectivity index (χ4v) is 3.53. The smallest absolute Gasteiger partial charge is 0.197 e. The second kappa shape index (κ2) is 5.33. The molecule has 21 heavy (non-hydrogen) atoms. The van der Waals surface area contributed by atoms with Crippen molar-refractivity contribution < 1.29 is 4.21 Å². The highest BCUT2D eigenvalue weighted by atomic mass is 32.2. The molecule has 1 unspecified atom stereocenters. The lowest BCUT2D eigenvalue weighted by atomic mass is 10.0. The van der Waals surface area contributed by atoms with Crippen LogP contribution < -0.4 is 5.73 Å². The third-order valence-electron chi connectivity index (χ3n) is 3.67. The lowest BCUT2D eigenvalue weighted by Gasteiger charge is -2.10. The van der Waals surface area contributed by atoms with Crippen LogP contribution in [0.2, 0.25) is 0 Å². The fraction of sp³-hybridized carbons (Fsp3) is 0.188. The van der Waals surface area contributed by atoms with E-state index in [1.807, 2.05) is 50.2 Å². The van der Waals surface area contributed by atoms with E-state index in [1.165, 1.54) is 0 Å². The van der Waals surface area contributed by atoms with Gasteiger partial charge in [0.1, 0.15) is 0 Å². The summed E-state index contributed by atoms with van der Waals surface area (Å²) in [5.74, 6) is 0.374. The molecule has 3 rings (SSSR count). The quantitative estimate of drug-likeness (QED) is 0.730. The van der Waals surface area contributed by atoms with Crippen molar-refractivity contribution in [3.05, 3.63) is 53.1 Å². The fourth-order valence-electron chi connectivity index (χ4n) is 2.32. The zero-order chi connectivity index (χ0) is 15.0. The van der Waals surface area contributed by atoms with Crippen molar-refractivity contribution in [3.63, 3.8) is 0 Å². The molecule has 2 aromatic carbocycles. The molecule has 1 atom stereocenters. The predicted octanol–water partition coefficient (Wildman–Crippen LogP) is 3.07. The van der Waals surface area contributed by atoms with Crippen molar-refractivity contribution >= 4 is 27.5 Å². The third kappa shape index (κ3) is 2.56. The molecule has 108 valence electrons. The van der Waals surface area contributed by atoms with Gasteiger partial charge in [-0.05, 0) is 42.7 Å². The minimum Gasteiger partial charge on any atom is -0.398 e. The molecule has 0 aliphatic heterocycles. The molecule has 0 amide bonds. The SMILES string of the molecule is Cc1ccc(C)c(CS(=O)c2nc3ccccc3[nH]2)c1N. The number of fused-ring (bicyclic) bond motifs is 1. The van der Waals surface area contributed by atoms with E-state index in [0.717, 1.165) is 33.4 Å². The summed E-state index contributed by atoms with van der Waals surface area (Å²) in [4.78, 5) is 7.51. The Morgan fingerprint density at radius 2 is 1.86 bits per heavy atom. The predicted molar refractivity (Wildman–Crippen MR) is 86.5 cm³/mol. The van der Waals surface area contributed by atoms with Crippen molar-refractivity contribution in [1.82, 2.24) is 9.97 Å². The molecule has 1 aromatic heterocycles. The highest BCUT2D eigenvalue weighted by Gasteiger charge is 2.14. The average molecular weight is 299 g/mol. The van der Waals surface area contributed by atoms with Gasteiger partial charge in [0, 0.05) is 5.69 Å². The molecule has 4 nitrogen and oxygen atoms in total. The Hall–Kier alpha value is -2.14. The second-order valence-electron chi connectivity index (χ2n) is 5.14. The summed E-state index contributed by atoms with van der Waals surface area (Å²) in [5.41, 5.74) is 11.6. The van der Waals surface area contributed by atoms with Crippen LogP contribution in [0.5, 0.6) is 0 Å². The highest BCUT2D eigenvalue weighted by Crippen LogP contribution is 2.24. The molecule has 1 heterocycles. The van der Waals surface area contributed by atoms with Gasteiger partial charge >= 0.3 is 0 Å². The summed E-state index contributed by atoms with van der Waals surface area (Å²) >= 11 is 0. The Balaban J connectivity index is 1.95. The van der Waals surface area contributed by atoms with Gasteiger partial charge in [0.2, 0.25) is 0 Å². The summed E-state index contributed by atoms with van der Waals surface area (Å²) in [6.07, 6.45) is 0. The van der Waals surface area contributed by atoms with Gasteiger partial charge < -0.3 is 10.7 Å². The van der Waals surface area contributed by atoms with Crippen LogP contribution in [0.3, 0.4) is 0 Å². The Morgan fingerprint density at radius 1 is 1.14 bits per heavy atom. The van der Waals surface area contributed by atoms with Gasteiger partial charge in [-0.3, -0.25) is 4.21 Å². The lowest BCUT2D eigenvalue weighted by Crippen LogP contribution is -2.05. The maximum absolute atomic E-state index is 12.6. The zero-order valence-corrected chi connectivity index (χ0v) is 12.8. The molecule has 0 saturated carbocycles. The number of nitrogens with two attached hydrogens (primary N) is 1. The average Bonchev–Trinajstić information content (AvgIpc) is 2.91. The molecule has 0 fully saturated rings. The topological polar surface area (TPSA) is 71.8 Å². The Morgan fingerprint density at radius 3 is 2.62 bits per heavy atom. The van der Waals surface area contributed by atoms with Crippen molar-refractivity contribution in [2.24, 2.45) is 0 Å².